The molecule has 0 unspecified atom stereocenters. The van der Waals surface area contributed by atoms with Crippen LogP contribution in [0.2, 0.25) is 0 Å². The van der Waals surface area contributed by atoms with E-state index in [2.05, 4.69) is 24.0 Å². The number of likely N-dealkylation sites (N-methyl/N-ethyl adjacent to an activating group) is 1. The molecular weight excluding hydrogens is 458 g/mol. The summed E-state index contributed by atoms with van der Waals surface area (Å²) in [6.07, 6.45) is 2.49. The highest BCUT2D eigenvalue weighted by atomic mass is 32.2. The van der Waals surface area contributed by atoms with E-state index < -0.39 is 20.0 Å². The summed E-state index contributed by atoms with van der Waals surface area (Å²) >= 11 is 0. The quantitative estimate of drug-likeness (QED) is 0.566. The molecule has 0 N–H and O–H groups in total. The molecule has 0 saturated carbocycles. The predicted octanol–water partition coefficient (Wildman–Crippen LogP) is 3.32. The Labute approximate surface area is 198 Å². The molecule has 9 heteroatoms. The molecular formula is C24H33N3O4S2. The maximum atomic E-state index is 13.5. The molecule has 2 atom stereocenters. The summed E-state index contributed by atoms with van der Waals surface area (Å²) in [5, 5.41) is 0. The first-order valence-corrected chi connectivity index (χ1v) is 14.5. The molecule has 2 aliphatic rings. The fraction of sp³-hybridized carbons (Fsp3) is 0.500. The number of likely N-dealkylation sites (tertiary alicyclic amines) is 1. The molecule has 0 radical (unpaired) electrons. The van der Waals surface area contributed by atoms with Crippen molar-refractivity contribution in [3.05, 3.63) is 60.2 Å². The molecule has 2 aromatic rings. The normalized spacial score (nSPS) is 21.6. The number of hydrogen-bond donors (Lipinski definition) is 0. The Morgan fingerprint density at radius 2 is 1.52 bits per heavy atom. The van der Waals surface area contributed by atoms with E-state index in [-0.39, 0.29) is 21.9 Å². The summed E-state index contributed by atoms with van der Waals surface area (Å²) in [6.45, 7) is 6.92. The molecule has 2 aromatic carbocycles. The molecule has 0 bridgehead atoms. The largest absolute Gasteiger partial charge is 0.295 e. The van der Waals surface area contributed by atoms with Crippen molar-refractivity contribution in [1.82, 2.24) is 13.5 Å². The van der Waals surface area contributed by atoms with Crippen LogP contribution in [0.25, 0.3) is 0 Å². The van der Waals surface area contributed by atoms with Crippen LogP contribution in [0.5, 0.6) is 0 Å². The molecule has 0 amide bonds. The van der Waals surface area contributed by atoms with Crippen molar-refractivity contribution < 1.29 is 16.8 Å². The van der Waals surface area contributed by atoms with Gasteiger partial charge in [-0.3, -0.25) is 4.90 Å². The first-order valence-electron chi connectivity index (χ1n) is 11.7. The molecule has 2 fully saturated rings. The first-order chi connectivity index (χ1) is 15.7. The maximum absolute atomic E-state index is 13.5. The van der Waals surface area contributed by atoms with Crippen molar-refractivity contribution in [2.24, 2.45) is 0 Å². The van der Waals surface area contributed by atoms with Crippen LogP contribution < -0.4 is 0 Å². The summed E-state index contributed by atoms with van der Waals surface area (Å²) in [4.78, 5) is 2.61. The van der Waals surface area contributed by atoms with E-state index in [9.17, 15) is 16.8 Å². The summed E-state index contributed by atoms with van der Waals surface area (Å²) in [7, 11) is -7.30. The Morgan fingerprint density at radius 3 is 2.12 bits per heavy atom. The van der Waals surface area contributed by atoms with Gasteiger partial charge in [0.25, 0.3) is 0 Å². The van der Waals surface area contributed by atoms with Gasteiger partial charge in [-0.1, -0.05) is 37.3 Å². The second-order valence-electron chi connectivity index (χ2n) is 8.82. The van der Waals surface area contributed by atoms with Crippen molar-refractivity contribution in [2.75, 3.05) is 32.7 Å². The lowest BCUT2D eigenvalue weighted by Crippen LogP contribution is -2.42. The molecule has 7 nitrogen and oxygen atoms in total. The van der Waals surface area contributed by atoms with Gasteiger partial charge in [-0.05, 0) is 56.0 Å². The van der Waals surface area contributed by atoms with Crippen LogP contribution in [0.4, 0.5) is 0 Å². The zero-order chi connectivity index (χ0) is 23.6. The Bertz CT molecular complexity index is 1150. The Hall–Kier alpha value is -1.78. The molecule has 180 valence electrons. The van der Waals surface area contributed by atoms with Crippen molar-refractivity contribution in [2.45, 2.75) is 55.0 Å². The van der Waals surface area contributed by atoms with Crippen LogP contribution in [0.1, 0.15) is 44.7 Å². The number of rotatable bonds is 8. The minimum atomic E-state index is -3.73. The summed E-state index contributed by atoms with van der Waals surface area (Å²) in [5.74, 6) is 0. The van der Waals surface area contributed by atoms with Crippen LogP contribution in [0.3, 0.4) is 0 Å². The highest BCUT2D eigenvalue weighted by molar-refractivity contribution is 7.89. The third-order valence-electron chi connectivity index (χ3n) is 6.88. The average molecular weight is 492 g/mol. The predicted molar refractivity (Wildman–Crippen MR) is 129 cm³/mol. The number of nitrogens with zero attached hydrogens (tertiary/aromatic N) is 3. The van der Waals surface area contributed by atoms with E-state index in [0.29, 0.717) is 26.2 Å². The third kappa shape index (κ3) is 4.88. The van der Waals surface area contributed by atoms with Gasteiger partial charge in [0.1, 0.15) is 0 Å². The van der Waals surface area contributed by atoms with E-state index in [1.165, 1.54) is 34.1 Å². The van der Waals surface area contributed by atoms with Gasteiger partial charge in [-0.2, -0.15) is 8.61 Å². The van der Waals surface area contributed by atoms with E-state index in [4.69, 9.17) is 0 Å². The lowest BCUT2D eigenvalue weighted by Gasteiger charge is -2.29. The number of benzene rings is 2. The highest BCUT2D eigenvalue weighted by Crippen LogP contribution is 2.30. The van der Waals surface area contributed by atoms with E-state index in [0.717, 1.165) is 25.8 Å². The fourth-order valence-electron chi connectivity index (χ4n) is 4.92. The SMILES string of the molecule is CCN([C@H]1CCN([C@@H](C)c2ccccc2)C1)S(=O)(=O)c1ccc(S(=O)(=O)N2CCCC2)cc1. The lowest BCUT2D eigenvalue weighted by atomic mass is 10.1. The first kappa shape index (κ1) is 24.3. The molecule has 2 heterocycles. The highest BCUT2D eigenvalue weighted by Gasteiger charge is 2.36. The molecule has 4 rings (SSSR count). The van der Waals surface area contributed by atoms with Crippen LogP contribution in [0, 0.1) is 0 Å². The smallest absolute Gasteiger partial charge is 0.243 e. The summed E-state index contributed by atoms with van der Waals surface area (Å²) in [5.41, 5.74) is 1.22. The van der Waals surface area contributed by atoms with Gasteiger partial charge in [-0.25, -0.2) is 16.8 Å². The zero-order valence-electron chi connectivity index (χ0n) is 19.3. The van der Waals surface area contributed by atoms with Gasteiger partial charge < -0.3 is 0 Å². The molecule has 0 spiro atoms. The van der Waals surface area contributed by atoms with Gasteiger partial charge in [0.2, 0.25) is 20.0 Å². The van der Waals surface area contributed by atoms with Crippen molar-refractivity contribution >= 4 is 20.0 Å². The van der Waals surface area contributed by atoms with Gasteiger partial charge in [0, 0.05) is 44.8 Å². The van der Waals surface area contributed by atoms with Gasteiger partial charge >= 0.3 is 0 Å². The minimum Gasteiger partial charge on any atom is -0.295 e. The molecule has 33 heavy (non-hydrogen) atoms. The average Bonchev–Trinajstić information content (AvgIpc) is 3.53. The topological polar surface area (TPSA) is 78.0 Å². The maximum Gasteiger partial charge on any atom is 0.243 e. The Morgan fingerprint density at radius 1 is 0.909 bits per heavy atom. The zero-order valence-corrected chi connectivity index (χ0v) is 20.9. The van der Waals surface area contributed by atoms with E-state index in [1.54, 1.807) is 4.31 Å². The summed E-state index contributed by atoms with van der Waals surface area (Å²) < 4.78 is 55.5. The molecule has 0 aliphatic carbocycles. The monoisotopic (exact) mass is 491 g/mol. The molecule has 0 aromatic heterocycles. The van der Waals surface area contributed by atoms with Gasteiger partial charge in [0.15, 0.2) is 0 Å². The second-order valence-corrected chi connectivity index (χ2v) is 12.6. The van der Waals surface area contributed by atoms with Crippen LogP contribution in [0.15, 0.2) is 64.4 Å². The Balaban J connectivity index is 1.50. The third-order valence-corrected chi connectivity index (χ3v) is 10.8. The molecule has 2 aliphatic heterocycles. The Kier molecular flexibility index (Phi) is 7.26. The fourth-order valence-corrected chi connectivity index (χ4v) is 8.09. The minimum absolute atomic E-state index is 0.112. The van der Waals surface area contributed by atoms with E-state index in [1.807, 2.05) is 25.1 Å². The van der Waals surface area contributed by atoms with Crippen LogP contribution in [-0.2, 0) is 20.0 Å². The number of hydrogen-bond acceptors (Lipinski definition) is 5. The van der Waals surface area contributed by atoms with Crippen LogP contribution >= 0.6 is 0 Å². The molecule has 2 saturated heterocycles. The van der Waals surface area contributed by atoms with Crippen molar-refractivity contribution in [3.8, 4) is 0 Å². The van der Waals surface area contributed by atoms with Gasteiger partial charge in [-0.15, -0.1) is 0 Å². The van der Waals surface area contributed by atoms with Crippen molar-refractivity contribution in [1.29, 1.82) is 0 Å². The van der Waals surface area contributed by atoms with Gasteiger partial charge in [0.05, 0.1) is 9.79 Å². The number of sulfonamides is 2. The van der Waals surface area contributed by atoms with Crippen LogP contribution in [-0.4, -0.2) is 69.1 Å². The van der Waals surface area contributed by atoms with E-state index >= 15 is 0 Å². The summed E-state index contributed by atoms with van der Waals surface area (Å²) in [6, 6.07) is 16.1. The van der Waals surface area contributed by atoms with Crippen molar-refractivity contribution in [3.63, 3.8) is 0 Å². The standard InChI is InChI=1S/C24H33N3O4S2/c1-3-27(22-15-18-25(19-22)20(2)21-9-5-4-6-10-21)33(30,31)24-13-11-23(12-14-24)32(28,29)26-16-7-8-17-26/h4-6,9-14,20,22H,3,7-8,15-19H2,1-2H3/t20-,22-/m0/s1. The lowest BCUT2D eigenvalue weighted by molar-refractivity contribution is 0.239. The second kappa shape index (κ2) is 9.84.